The van der Waals surface area contributed by atoms with E-state index in [1.807, 2.05) is 45.0 Å². The molecule has 0 spiro atoms. The fourth-order valence-electron chi connectivity index (χ4n) is 2.68. The molecule has 1 heterocycles. The van der Waals surface area contributed by atoms with E-state index in [4.69, 9.17) is 10.5 Å². The fourth-order valence-corrected chi connectivity index (χ4v) is 2.68. The fraction of sp³-hybridized carbons (Fsp3) is 0.526. The maximum absolute atomic E-state index is 12.5. The van der Waals surface area contributed by atoms with Gasteiger partial charge in [-0.3, -0.25) is 4.79 Å². The standard InChI is InChI=1S/C19H29N5O2.ClH/c1-5-6-7-15(12-20)21-19(25)18-14(4)24(23-22-18)16-8-10-17(11-9-16)26-13(2)3;/h8-11,13,15H,5-7,12,20H2,1-4H3,(H,21,25);1H. The average molecular weight is 396 g/mol. The number of hydrogen-bond donors (Lipinski definition) is 2. The Balaban J connectivity index is 0.00000364. The summed E-state index contributed by atoms with van der Waals surface area (Å²) in [6, 6.07) is 7.51. The van der Waals surface area contributed by atoms with Gasteiger partial charge in [0, 0.05) is 12.6 Å². The van der Waals surface area contributed by atoms with E-state index in [2.05, 4.69) is 22.6 Å². The smallest absolute Gasteiger partial charge is 0.274 e. The summed E-state index contributed by atoms with van der Waals surface area (Å²) in [6.07, 6.45) is 3.08. The summed E-state index contributed by atoms with van der Waals surface area (Å²) in [7, 11) is 0. The number of carbonyl (C=O) groups excluding carboxylic acids is 1. The molecule has 8 heteroatoms. The van der Waals surface area contributed by atoms with Crippen LogP contribution >= 0.6 is 12.4 Å². The summed E-state index contributed by atoms with van der Waals surface area (Å²) in [5.41, 5.74) is 7.59. The lowest BCUT2D eigenvalue weighted by Gasteiger charge is -2.15. The Hall–Kier alpha value is -2.12. The number of rotatable bonds is 9. The van der Waals surface area contributed by atoms with Crippen molar-refractivity contribution in [3.05, 3.63) is 35.7 Å². The van der Waals surface area contributed by atoms with Gasteiger partial charge in [-0.15, -0.1) is 17.5 Å². The highest BCUT2D eigenvalue weighted by molar-refractivity contribution is 5.93. The molecule has 0 fully saturated rings. The van der Waals surface area contributed by atoms with E-state index in [1.165, 1.54) is 0 Å². The number of benzene rings is 1. The first kappa shape index (κ1) is 22.9. The first-order chi connectivity index (χ1) is 12.5. The van der Waals surface area contributed by atoms with Crippen LogP contribution in [0.15, 0.2) is 24.3 Å². The van der Waals surface area contributed by atoms with Crippen molar-refractivity contribution >= 4 is 18.3 Å². The molecule has 0 aliphatic rings. The molecule has 1 aromatic heterocycles. The maximum atomic E-state index is 12.5. The van der Waals surface area contributed by atoms with E-state index in [-0.39, 0.29) is 30.5 Å². The molecule has 0 aliphatic heterocycles. The number of halogens is 1. The Morgan fingerprint density at radius 3 is 2.52 bits per heavy atom. The highest BCUT2D eigenvalue weighted by Crippen LogP contribution is 2.18. The number of hydrogen-bond acceptors (Lipinski definition) is 5. The Kier molecular flexibility index (Phi) is 9.25. The van der Waals surface area contributed by atoms with Gasteiger partial charge >= 0.3 is 0 Å². The molecular formula is C19H30ClN5O2. The average Bonchev–Trinajstić information content (AvgIpc) is 3.00. The quantitative estimate of drug-likeness (QED) is 0.680. The van der Waals surface area contributed by atoms with Gasteiger partial charge in [0.05, 0.1) is 17.5 Å². The lowest BCUT2D eigenvalue weighted by Crippen LogP contribution is -2.40. The Morgan fingerprint density at radius 2 is 1.96 bits per heavy atom. The Labute approximate surface area is 167 Å². The minimum Gasteiger partial charge on any atom is -0.491 e. The van der Waals surface area contributed by atoms with Crippen molar-refractivity contribution in [1.29, 1.82) is 0 Å². The zero-order chi connectivity index (χ0) is 19.1. The molecule has 1 atom stereocenters. The van der Waals surface area contributed by atoms with E-state index in [9.17, 15) is 4.79 Å². The second-order valence-electron chi connectivity index (χ2n) is 6.64. The third-order valence-corrected chi connectivity index (χ3v) is 4.09. The van der Waals surface area contributed by atoms with Crippen LogP contribution in [0.3, 0.4) is 0 Å². The van der Waals surface area contributed by atoms with Crippen molar-refractivity contribution in [3.63, 3.8) is 0 Å². The maximum Gasteiger partial charge on any atom is 0.274 e. The van der Waals surface area contributed by atoms with Crippen molar-refractivity contribution in [1.82, 2.24) is 20.3 Å². The van der Waals surface area contributed by atoms with E-state index >= 15 is 0 Å². The van der Waals surface area contributed by atoms with Gasteiger partial charge in [-0.1, -0.05) is 25.0 Å². The minimum atomic E-state index is -0.236. The molecule has 1 aromatic carbocycles. The van der Waals surface area contributed by atoms with E-state index < -0.39 is 0 Å². The van der Waals surface area contributed by atoms with Crippen molar-refractivity contribution in [2.24, 2.45) is 5.73 Å². The van der Waals surface area contributed by atoms with Crippen molar-refractivity contribution < 1.29 is 9.53 Å². The van der Waals surface area contributed by atoms with Crippen LogP contribution in [-0.2, 0) is 0 Å². The molecule has 27 heavy (non-hydrogen) atoms. The van der Waals surface area contributed by atoms with E-state index in [1.54, 1.807) is 4.68 Å². The van der Waals surface area contributed by atoms with E-state index in [0.29, 0.717) is 17.9 Å². The highest BCUT2D eigenvalue weighted by atomic mass is 35.5. The first-order valence-corrected chi connectivity index (χ1v) is 9.16. The summed E-state index contributed by atoms with van der Waals surface area (Å²) in [5.74, 6) is 0.557. The number of nitrogens with one attached hydrogen (secondary N) is 1. The van der Waals surface area contributed by atoms with Crippen LogP contribution < -0.4 is 15.8 Å². The summed E-state index contributed by atoms with van der Waals surface area (Å²) in [4.78, 5) is 12.5. The van der Waals surface area contributed by atoms with Gasteiger partial charge in [-0.2, -0.15) is 0 Å². The zero-order valence-electron chi connectivity index (χ0n) is 16.4. The van der Waals surface area contributed by atoms with Gasteiger partial charge in [0.2, 0.25) is 0 Å². The molecule has 150 valence electrons. The van der Waals surface area contributed by atoms with Crippen LogP contribution in [0.25, 0.3) is 5.69 Å². The highest BCUT2D eigenvalue weighted by Gasteiger charge is 2.19. The SMILES string of the molecule is CCCCC(CN)NC(=O)c1nnn(-c2ccc(OC(C)C)cc2)c1C.Cl. The van der Waals surface area contributed by atoms with Crippen molar-refractivity contribution in [2.45, 2.75) is 59.1 Å². The number of aromatic nitrogens is 3. The molecule has 7 nitrogen and oxygen atoms in total. The molecule has 1 amide bonds. The number of unbranched alkanes of at least 4 members (excludes halogenated alkanes) is 1. The predicted octanol–water partition coefficient (Wildman–Crippen LogP) is 3.03. The molecule has 0 bridgehead atoms. The van der Waals surface area contributed by atoms with E-state index in [0.717, 1.165) is 30.7 Å². The van der Waals surface area contributed by atoms with Crippen LogP contribution in [0, 0.1) is 6.92 Å². The molecule has 0 saturated carbocycles. The summed E-state index contributed by atoms with van der Waals surface area (Å²) < 4.78 is 7.30. The van der Waals surface area contributed by atoms with Gasteiger partial charge < -0.3 is 15.8 Å². The summed E-state index contributed by atoms with van der Waals surface area (Å²) in [5, 5.41) is 11.1. The molecule has 3 N–H and O–H groups in total. The van der Waals surface area contributed by atoms with Gasteiger partial charge in [0.1, 0.15) is 5.75 Å². The molecule has 0 radical (unpaired) electrons. The van der Waals surface area contributed by atoms with Crippen LogP contribution in [0.5, 0.6) is 5.75 Å². The molecule has 0 saturated heterocycles. The lowest BCUT2D eigenvalue weighted by atomic mass is 10.1. The van der Waals surface area contributed by atoms with Gasteiger partial charge in [-0.25, -0.2) is 4.68 Å². The monoisotopic (exact) mass is 395 g/mol. The van der Waals surface area contributed by atoms with Crippen LogP contribution in [0.2, 0.25) is 0 Å². The lowest BCUT2D eigenvalue weighted by molar-refractivity contribution is 0.0930. The van der Waals surface area contributed by atoms with Gasteiger partial charge in [0.25, 0.3) is 5.91 Å². The Bertz CT molecular complexity index is 715. The largest absolute Gasteiger partial charge is 0.491 e. The topological polar surface area (TPSA) is 95.1 Å². The zero-order valence-corrected chi connectivity index (χ0v) is 17.3. The molecule has 1 unspecified atom stereocenters. The van der Waals surface area contributed by atoms with Crippen LogP contribution in [0.4, 0.5) is 0 Å². The second-order valence-corrected chi connectivity index (χ2v) is 6.64. The molecule has 0 aliphatic carbocycles. The third kappa shape index (κ3) is 6.22. The number of ether oxygens (including phenoxy) is 1. The van der Waals surface area contributed by atoms with Crippen molar-refractivity contribution in [3.8, 4) is 11.4 Å². The number of nitrogens with zero attached hydrogens (tertiary/aromatic N) is 3. The third-order valence-electron chi connectivity index (χ3n) is 4.09. The summed E-state index contributed by atoms with van der Waals surface area (Å²) >= 11 is 0. The second kappa shape index (κ2) is 10.9. The van der Waals surface area contributed by atoms with Crippen LogP contribution in [-0.4, -0.2) is 39.6 Å². The number of nitrogens with two attached hydrogens (primary N) is 1. The predicted molar refractivity (Wildman–Crippen MR) is 109 cm³/mol. The molecular weight excluding hydrogens is 366 g/mol. The van der Waals surface area contributed by atoms with Crippen LogP contribution in [0.1, 0.15) is 56.2 Å². The Morgan fingerprint density at radius 1 is 1.30 bits per heavy atom. The van der Waals surface area contributed by atoms with Gasteiger partial charge in [0.15, 0.2) is 5.69 Å². The molecule has 2 rings (SSSR count). The minimum absolute atomic E-state index is 0. The first-order valence-electron chi connectivity index (χ1n) is 9.16. The number of amides is 1. The molecule has 2 aromatic rings. The van der Waals surface area contributed by atoms with Gasteiger partial charge in [-0.05, 0) is 51.5 Å². The van der Waals surface area contributed by atoms with Crippen molar-refractivity contribution in [2.75, 3.05) is 6.54 Å². The normalized spacial score (nSPS) is 11.8. The summed E-state index contributed by atoms with van der Waals surface area (Å²) in [6.45, 7) is 8.32. The number of carbonyl (C=O) groups is 1.